The smallest absolute Gasteiger partial charge is 0.339 e. The summed E-state index contributed by atoms with van der Waals surface area (Å²) in [6.07, 6.45) is 0. The Morgan fingerprint density at radius 3 is 2.23 bits per heavy atom. The Hall–Kier alpha value is -3.99. The van der Waals surface area contributed by atoms with Crippen LogP contribution in [0.15, 0.2) is 82.0 Å². The minimum atomic E-state index is -0.634. The van der Waals surface area contributed by atoms with Gasteiger partial charge in [-0.05, 0) is 43.2 Å². The van der Waals surface area contributed by atoms with Gasteiger partial charge in [-0.1, -0.05) is 48.5 Å². The Kier molecular flexibility index (Phi) is 5.50. The van der Waals surface area contributed by atoms with Gasteiger partial charge >= 0.3 is 11.6 Å². The molecular weight excluding hydrogens is 392 g/mol. The van der Waals surface area contributed by atoms with E-state index in [9.17, 15) is 14.4 Å². The van der Waals surface area contributed by atoms with Crippen LogP contribution in [0, 0.1) is 13.8 Å². The van der Waals surface area contributed by atoms with E-state index >= 15 is 0 Å². The number of carbonyl (C=O) groups excluding carboxylic acids is 2. The van der Waals surface area contributed by atoms with Crippen molar-refractivity contribution in [2.75, 3.05) is 0 Å². The van der Waals surface area contributed by atoms with Crippen LogP contribution in [-0.4, -0.2) is 11.8 Å². The number of ketones is 1. The lowest BCUT2D eigenvalue weighted by molar-refractivity contribution is 0.0471. The summed E-state index contributed by atoms with van der Waals surface area (Å²) in [4.78, 5) is 37.7. The Balaban J connectivity index is 1.63. The molecule has 0 bridgehead atoms. The molecule has 0 atom stereocenters. The molecule has 0 saturated carbocycles. The maximum absolute atomic E-state index is 12.9. The molecule has 0 aliphatic heterocycles. The van der Waals surface area contributed by atoms with E-state index in [1.807, 2.05) is 26.0 Å². The molecule has 0 aliphatic rings. The van der Waals surface area contributed by atoms with Gasteiger partial charge in [0.25, 0.3) is 0 Å². The van der Waals surface area contributed by atoms with E-state index in [1.165, 1.54) is 6.07 Å². The van der Waals surface area contributed by atoms with Gasteiger partial charge in [0.2, 0.25) is 0 Å². The molecule has 154 valence electrons. The van der Waals surface area contributed by atoms with Gasteiger partial charge in [-0.2, -0.15) is 0 Å². The van der Waals surface area contributed by atoms with Gasteiger partial charge in [0.05, 0.1) is 5.56 Å². The molecule has 1 aromatic heterocycles. The summed E-state index contributed by atoms with van der Waals surface area (Å²) in [5.74, 6) is -0.893. The van der Waals surface area contributed by atoms with Crippen LogP contribution >= 0.6 is 0 Å². The number of fused-ring (bicyclic) bond motifs is 1. The first kappa shape index (κ1) is 20.3. The van der Waals surface area contributed by atoms with Crippen molar-refractivity contribution in [3.8, 4) is 0 Å². The molecule has 0 aliphatic carbocycles. The number of ether oxygens (including phenoxy) is 1. The van der Waals surface area contributed by atoms with Gasteiger partial charge in [-0.25, -0.2) is 9.59 Å². The van der Waals surface area contributed by atoms with Crippen molar-refractivity contribution < 1.29 is 18.7 Å². The number of carbonyl (C=O) groups is 2. The molecule has 4 aromatic rings. The minimum Gasteiger partial charge on any atom is -0.457 e. The molecule has 1 heterocycles. The Bertz CT molecular complexity index is 1350. The lowest BCUT2D eigenvalue weighted by atomic mass is 9.98. The van der Waals surface area contributed by atoms with E-state index in [0.717, 1.165) is 11.1 Å². The second-order valence-corrected chi connectivity index (χ2v) is 7.34. The molecule has 0 saturated heterocycles. The van der Waals surface area contributed by atoms with E-state index in [4.69, 9.17) is 9.15 Å². The number of rotatable bonds is 5. The summed E-state index contributed by atoms with van der Waals surface area (Å²) in [7, 11) is 0. The zero-order chi connectivity index (χ0) is 22.0. The van der Waals surface area contributed by atoms with E-state index < -0.39 is 11.6 Å². The van der Waals surface area contributed by atoms with Crippen LogP contribution in [0.2, 0.25) is 0 Å². The van der Waals surface area contributed by atoms with Gasteiger partial charge in [0, 0.05) is 28.1 Å². The normalized spacial score (nSPS) is 10.8. The highest BCUT2D eigenvalue weighted by Gasteiger charge is 2.19. The summed E-state index contributed by atoms with van der Waals surface area (Å²) in [5, 5.41) is 0.712. The predicted molar refractivity (Wildman–Crippen MR) is 117 cm³/mol. The highest BCUT2D eigenvalue weighted by Crippen LogP contribution is 2.23. The lowest BCUT2D eigenvalue weighted by Crippen LogP contribution is -2.13. The predicted octanol–water partition coefficient (Wildman–Crippen LogP) is 5.00. The first-order chi connectivity index (χ1) is 14.9. The second-order valence-electron chi connectivity index (χ2n) is 7.34. The summed E-state index contributed by atoms with van der Waals surface area (Å²) in [5.41, 5.74) is 3.45. The van der Waals surface area contributed by atoms with Gasteiger partial charge in [0.15, 0.2) is 5.78 Å². The molecule has 0 N–H and O–H groups in total. The van der Waals surface area contributed by atoms with Crippen LogP contribution in [0.1, 0.15) is 43.0 Å². The van der Waals surface area contributed by atoms with E-state index in [-0.39, 0.29) is 23.5 Å². The molecule has 0 radical (unpaired) electrons. The maximum Gasteiger partial charge on any atom is 0.339 e. The second kappa shape index (κ2) is 8.40. The van der Waals surface area contributed by atoms with Crippen LogP contribution in [-0.2, 0) is 11.3 Å². The standard InChI is InChI=1S/C26H20O5/c1-16-12-22-19(14-24(27)31-23(22)13-17(16)2)15-30-26(29)21-11-7-6-10-20(21)25(28)18-8-4-3-5-9-18/h3-14H,15H2,1-2H3. The summed E-state index contributed by atoms with van der Waals surface area (Å²) in [6, 6.07) is 20.3. The Morgan fingerprint density at radius 2 is 1.48 bits per heavy atom. The molecule has 0 unspecified atom stereocenters. The molecule has 5 heteroatoms. The van der Waals surface area contributed by atoms with Gasteiger partial charge in [-0.15, -0.1) is 0 Å². The fraction of sp³-hybridized carbons (Fsp3) is 0.115. The van der Waals surface area contributed by atoms with Crippen molar-refractivity contribution in [3.05, 3.63) is 117 Å². The fourth-order valence-electron chi connectivity index (χ4n) is 3.43. The van der Waals surface area contributed by atoms with Crippen molar-refractivity contribution in [2.45, 2.75) is 20.5 Å². The number of aryl methyl sites for hydroxylation is 2. The fourth-order valence-corrected chi connectivity index (χ4v) is 3.43. The van der Waals surface area contributed by atoms with Crippen LogP contribution in [0.25, 0.3) is 11.0 Å². The van der Waals surface area contributed by atoms with Gasteiger partial charge < -0.3 is 9.15 Å². The lowest BCUT2D eigenvalue weighted by Gasteiger charge is -2.11. The average Bonchev–Trinajstić information content (AvgIpc) is 2.78. The van der Waals surface area contributed by atoms with Crippen molar-refractivity contribution in [2.24, 2.45) is 0 Å². The molecule has 3 aromatic carbocycles. The van der Waals surface area contributed by atoms with Crippen LogP contribution in [0.3, 0.4) is 0 Å². The van der Waals surface area contributed by atoms with Crippen molar-refractivity contribution in [1.29, 1.82) is 0 Å². The minimum absolute atomic E-state index is 0.114. The van der Waals surface area contributed by atoms with Crippen molar-refractivity contribution in [3.63, 3.8) is 0 Å². The van der Waals surface area contributed by atoms with E-state index in [1.54, 1.807) is 54.6 Å². The monoisotopic (exact) mass is 412 g/mol. The Morgan fingerprint density at radius 1 is 0.839 bits per heavy atom. The molecule has 5 nitrogen and oxygen atoms in total. The van der Waals surface area contributed by atoms with E-state index in [0.29, 0.717) is 22.1 Å². The van der Waals surface area contributed by atoms with Crippen LogP contribution in [0.4, 0.5) is 0 Å². The third-order valence-electron chi connectivity index (χ3n) is 5.23. The third-order valence-corrected chi connectivity index (χ3v) is 5.23. The van der Waals surface area contributed by atoms with Gasteiger partial charge in [0.1, 0.15) is 12.2 Å². The number of hydrogen-bond acceptors (Lipinski definition) is 5. The number of benzene rings is 3. The van der Waals surface area contributed by atoms with Gasteiger partial charge in [-0.3, -0.25) is 4.79 Å². The zero-order valence-electron chi connectivity index (χ0n) is 17.2. The summed E-state index contributed by atoms with van der Waals surface area (Å²) >= 11 is 0. The quantitative estimate of drug-likeness (QED) is 0.262. The molecule has 0 spiro atoms. The number of esters is 1. The summed E-state index contributed by atoms with van der Waals surface area (Å²) < 4.78 is 10.8. The first-order valence-corrected chi connectivity index (χ1v) is 9.84. The first-order valence-electron chi connectivity index (χ1n) is 9.84. The largest absolute Gasteiger partial charge is 0.457 e. The topological polar surface area (TPSA) is 73.6 Å². The molecule has 31 heavy (non-hydrogen) atoms. The number of hydrogen-bond donors (Lipinski definition) is 0. The molecule has 0 amide bonds. The van der Waals surface area contributed by atoms with Crippen LogP contribution in [0.5, 0.6) is 0 Å². The average molecular weight is 412 g/mol. The van der Waals surface area contributed by atoms with Crippen LogP contribution < -0.4 is 5.63 Å². The SMILES string of the molecule is Cc1cc2oc(=O)cc(COC(=O)c3ccccc3C(=O)c3ccccc3)c2cc1C. The third kappa shape index (κ3) is 4.16. The summed E-state index contributed by atoms with van der Waals surface area (Å²) in [6.45, 7) is 3.78. The molecule has 4 rings (SSSR count). The zero-order valence-corrected chi connectivity index (χ0v) is 17.2. The van der Waals surface area contributed by atoms with Crippen molar-refractivity contribution >= 4 is 22.7 Å². The maximum atomic E-state index is 12.9. The molecule has 0 fully saturated rings. The highest BCUT2D eigenvalue weighted by atomic mass is 16.5. The highest BCUT2D eigenvalue weighted by molar-refractivity contribution is 6.14. The molecular formula is C26H20O5. The van der Waals surface area contributed by atoms with Crippen molar-refractivity contribution in [1.82, 2.24) is 0 Å². The Labute approximate surface area is 178 Å². The van der Waals surface area contributed by atoms with E-state index in [2.05, 4.69) is 0 Å².